The van der Waals surface area contributed by atoms with Crippen LogP contribution < -0.4 is 10.6 Å². The molecule has 0 fully saturated rings. The van der Waals surface area contributed by atoms with Crippen molar-refractivity contribution in [3.63, 3.8) is 0 Å². The molecule has 3 N–H and O–H groups in total. The third-order valence-corrected chi connectivity index (χ3v) is 3.91. The second-order valence-corrected chi connectivity index (χ2v) is 5.70. The van der Waals surface area contributed by atoms with Gasteiger partial charge in [0, 0.05) is 17.6 Å². The minimum Gasteiger partial charge on any atom is -0.478 e. The Kier molecular flexibility index (Phi) is 6.08. The summed E-state index contributed by atoms with van der Waals surface area (Å²) in [6, 6.07) is 13.0. The number of carbonyl (C=O) groups is 3. The minimum atomic E-state index is -1.16. The van der Waals surface area contributed by atoms with Gasteiger partial charge in [0.15, 0.2) is 0 Å². The first-order chi connectivity index (χ1) is 11.5. The molecule has 0 aliphatic rings. The lowest BCUT2D eigenvalue weighted by atomic mass is 10.1. The highest BCUT2D eigenvalue weighted by Gasteiger charge is 2.15. The number of carboxylic acids is 1. The van der Waals surface area contributed by atoms with Crippen molar-refractivity contribution in [2.24, 2.45) is 0 Å². The Balaban J connectivity index is 1.87. The Morgan fingerprint density at radius 2 is 1.25 bits per heavy atom. The van der Waals surface area contributed by atoms with Crippen LogP contribution in [0.1, 0.15) is 31.1 Å². The van der Waals surface area contributed by atoms with E-state index >= 15 is 0 Å². The van der Waals surface area contributed by atoms with Crippen LogP contribution >= 0.6 is 15.9 Å². The normalized spacial score (nSPS) is 10.0. The molecule has 0 aliphatic heterocycles. The van der Waals surface area contributed by atoms with Gasteiger partial charge in [-0.15, -0.1) is 0 Å². The van der Waals surface area contributed by atoms with E-state index in [2.05, 4.69) is 26.6 Å². The van der Waals surface area contributed by atoms with Crippen LogP contribution in [-0.2, 0) is 0 Å². The number of hydrogen-bond acceptors (Lipinski definition) is 3. The maximum atomic E-state index is 12.0. The molecule has 0 aliphatic carbocycles. The number of rotatable bonds is 6. The van der Waals surface area contributed by atoms with E-state index < -0.39 is 11.9 Å². The molecule has 0 bridgehead atoms. The van der Waals surface area contributed by atoms with Crippen molar-refractivity contribution in [3.8, 4) is 0 Å². The zero-order chi connectivity index (χ0) is 17.5. The SMILES string of the molecule is O=C(NCCNC(=O)c1ccccc1C(=O)O)c1ccccc1Br. The van der Waals surface area contributed by atoms with Crippen LogP contribution in [0.25, 0.3) is 0 Å². The summed E-state index contributed by atoms with van der Waals surface area (Å²) in [6.07, 6.45) is 0. The lowest BCUT2D eigenvalue weighted by Crippen LogP contribution is -2.35. The molecular formula is C17H15BrN2O4. The monoisotopic (exact) mass is 390 g/mol. The first-order valence-electron chi connectivity index (χ1n) is 7.14. The second kappa shape index (κ2) is 8.26. The first-order valence-corrected chi connectivity index (χ1v) is 7.93. The van der Waals surface area contributed by atoms with Crippen LogP contribution in [-0.4, -0.2) is 36.0 Å². The zero-order valence-electron chi connectivity index (χ0n) is 12.6. The molecule has 124 valence electrons. The molecule has 0 saturated carbocycles. The predicted octanol–water partition coefficient (Wildman–Crippen LogP) is 2.31. The van der Waals surface area contributed by atoms with Gasteiger partial charge in [0.05, 0.1) is 16.7 Å². The quantitative estimate of drug-likeness (QED) is 0.659. The second-order valence-electron chi connectivity index (χ2n) is 4.84. The fourth-order valence-corrected chi connectivity index (χ4v) is 2.52. The van der Waals surface area contributed by atoms with Crippen LogP contribution in [0.15, 0.2) is 53.0 Å². The number of carbonyl (C=O) groups excluding carboxylic acids is 2. The van der Waals surface area contributed by atoms with Gasteiger partial charge in [-0.25, -0.2) is 4.79 Å². The van der Waals surface area contributed by atoms with Gasteiger partial charge < -0.3 is 15.7 Å². The summed E-state index contributed by atoms with van der Waals surface area (Å²) < 4.78 is 0.682. The molecule has 2 aromatic carbocycles. The lowest BCUT2D eigenvalue weighted by Gasteiger charge is -2.09. The maximum absolute atomic E-state index is 12.0. The number of amides is 2. The van der Waals surface area contributed by atoms with Crippen molar-refractivity contribution < 1.29 is 19.5 Å². The van der Waals surface area contributed by atoms with Gasteiger partial charge >= 0.3 is 5.97 Å². The van der Waals surface area contributed by atoms with E-state index in [0.717, 1.165) is 0 Å². The summed E-state index contributed by atoms with van der Waals surface area (Å²) in [5.41, 5.74) is 0.523. The summed E-state index contributed by atoms with van der Waals surface area (Å²) in [5.74, 6) is -1.92. The molecular weight excluding hydrogens is 376 g/mol. The molecule has 2 amide bonds. The third-order valence-electron chi connectivity index (χ3n) is 3.22. The van der Waals surface area contributed by atoms with Crippen molar-refractivity contribution in [3.05, 3.63) is 69.7 Å². The third kappa shape index (κ3) is 4.42. The van der Waals surface area contributed by atoms with Crippen molar-refractivity contribution in [2.75, 3.05) is 13.1 Å². The topological polar surface area (TPSA) is 95.5 Å². The smallest absolute Gasteiger partial charge is 0.336 e. The van der Waals surface area contributed by atoms with E-state index in [9.17, 15) is 14.4 Å². The van der Waals surface area contributed by atoms with Crippen molar-refractivity contribution in [1.82, 2.24) is 10.6 Å². The number of benzene rings is 2. The van der Waals surface area contributed by atoms with Crippen molar-refractivity contribution >= 4 is 33.7 Å². The van der Waals surface area contributed by atoms with Crippen LogP contribution in [0.3, 0.4) is 0 Å². The van der Waals surface area contributed by atoms with E-state index in [1.165, 1.54) is 12.1 Å². The molecule has 0 saturated heterocycles. The summed E-state index contributed by atoms with van der Waals surface area (Å²) >= 11 is 3.29. The van der Waals surface area contributed by atoms with Gasteiger partial charge in [-0.3, -0.25) is 9.59 Å². The number of aromatic carboxylic acids is 1. The zero-order valence-corrected chi connectivity index (χ0v) is 14.2. The number of nitrogens with one attached hydrogen (secondary N) is 2. The Morgan fingerprint density at radius 1 is 0.792 bits per heavy atom. The maximum Gasteiger partial charge on any atom is 0.336 e. The molecule has 0 atom stereocenters. The van der Waals surface area contributed by atoms with Crippen LogP contribution in [0.2, 0.25) is 0 Å². The Hall–Kier alpha value is -2.67. The molecule has 0 aromatic heterocycles. The number of carboxylic acid groups (broad SMARTS) is 1. The average molecular weight is 391 g/mol. The molecule has 2 aromatic rings. The highest BCUT2D eigenvalue weighted by Crippen LogP contribution is 2.15. The summed E-state index contributed by atoms with van der Waals surface area (Å²) in [4.78, 5) is 35.1. The van der Waals surface area contributed by atoms with Crippen molar-refractivity contribution in [2.45, 2.75) is 0 Å². The molecule has 2 rings (SSSR count). The summed E-state index contributed by atoms with van der Waals surface area (Å²) in [7, 11) is 0. The molecule has 24 heavy (non-hydrogen) atoms. The first kappa shape index (κ1) is 17.7. The van der Waals surface area contributed by atoms with Gasteiger partial charge in [0.2, 0.25) is 0 Å². The summed E-state index contributed by atoms with van der Waals surface area (Å²) in [5, 5.41) is 14.3. The lowest BCUT2D eigenvalue weighted by molar-refractivity contribution is 0.0691. The molecule has 0 radical (unpaired) electrons. The van der Waals surface area contributed by atoms with Gasteiger partial charge in [-0.1, -0.05) is 24.3 Å². The molecule has 0 spiro atoms. The van der Waals surface area contributed by atoms with E-state index in [-0.39, 0.29) is 30.1 Å². The Bertz CT molecular complexity index is 777. The molecule has 0 unspecified atom stereocenters. The van der Waals surface area contributed by atoms with Gasteiger partial charge in [-0.2, -0.15) is 0 Å². The number of halogens is 1. The van der Waals surface area contributed by atoms with E-state index in [1.807, 2.05) is 0 Å². The van der Waals surface area contributed by atoms with E-state index in [1.54, 1.807) is 36.4 Å². The van der Waals surface area contributed by atoms with Crippen LogP contribution in [0.4, 0.5) is 0 Å². The van der Waals surface area contributed by atoms with E-state index in [0.29, 0.717) is 10.0 Å². The van der Waals surface area contributed by atoms with Crippen molar-refractivity contribution in [1.29, 1.82) is 0 Å². The fourth-order valence-electron chi connectivity index (χ4n) is 2.06. The van der Waals surface area contributed by atoms with Gasteiger partial charge in [0.1, 0.15) is 0 Å². The Labute approximate surface area is 147 Å². The molecule has 6 nitrogen and oxygen atoms in total. The fraction of sp³-hybridized carbons (Fsp3) is 0.118. The molecule has 0 heterocycles. The van der Waals surface area contributed by atoms with Crippen LogP contribution in [0, 0.1) is 0 Å². The van der Waals surface area contributed by atoms with E-state index in [4.69, 9.17) is 5.11 Å². The van der Waals surface area contributed by atoms with Gasteiger partial charge in [-0.05, 0) is 40.2 Å². The summed E-state index contributed by atoms with van der Waals surface area (Å²) in [6.45, 7) is 0.407. The highest BCUT2D eigenvalue weighted by atomic mass is 79.9. The highest BCUT2D eigenvalue weighted by molar-refractivity contribution is 9.10. The number of hydrogen-bond donors (Lipinski definition) is 3. The standard InChI is InChI=1S/C17H15BrN2O4/c18-14-8-4-3-7-13(14)16(22)20-10-9-19-15(21)11-5-1-2-6-12(11)17(23)24/h1-8H,9-10H2,(H,19,21)(H,20,22)(H,23,24). The minimum absolute atomic E-state index is 0.0627. The van der Waals surface area contributed by atoms with Gasteiger partial charge in [0.25, 0.3) is 11.8 Å². The average Bonchev–Trinajstić information content (AvgIpc) is 2.58. The van der Waals surface area contributed by atoms with Crippen LogP contribution in [0.5, 0.6) is 0 Å². The molecule has 7 heteroatoms. The Morgan fingerprint density at radius 3 is 1.79 bits per heavy atom. The predicted molar refractivity (Wildman–Crippen MR) is 92.2 cm³/mol. The largest absolute Gasteiger partial charge is 0.478 e.